The minimum Gasteiger partial charge on any atom is -0.310 e. The molecule has 16 aromatic carbocycles. The molecular weight excluding hydrogens is 1180 g/mol. The quantitative estimate of drug-likeness (QED) is 0.120. The van der Waals surface area contributed by atoms with Crippen molar-refractivity contribution >= 4 is 66.4 Å². The molecule has 0 radical (unpaired) electrons. The molecule has 0 N–H and O–H groups in total. The Kier molecular flexibility index (Phi) is 13.9. The standard InChI is InChI=1S/C96H70N2/c1-95(2)90-59-75(97(72-35-14-7-15-36-72)73-37-16-8-17-38-73)47-49-83(90)88-61-93-89(62-92(88)95)84-50-48-76(60-91(84)96(93,3)4)98(74-39-18-9-19-40-74)77-57-70(69-54-67(63-27-10-5-11-28-63)53-68(55-69)64-29-12-6-13-30-64)56-71(58-77)80-51-52-87(82-44-25-34-66-32-21-23-42-79(66)82)94-85(80)45-26-46-86(94)81-43-24-33-65-31-20-22-41-78(65)81/h5-62H,1-4H3. The zero-order chi connectivity index (χ0) is 65.6. The van der Waals surface area contributed by atoms with Crippen molar-refractivity contribution in [1.29, 1.82) is 0 Å². The first-order valence-corrected chi connectivity index (χ1v) is 34.3. The average molecular weight is 1250 g/mol. The minimum absolute atomic E-state index is 0.254. The lowest BCUT2D eigenvalue weighted by Gasteiger charge is -2.29. The van der Waals surface area contributed by atoms with E-state index in [9.17, 15) is 0 Å². The summed E-state index contributed by atoms with van der Waals surface area (Å²) in [5.74, 6) is 0. The number of nitrogens with zero attached hydrogens (tertiary/aromatic N) is 2. The first-order valence-electron chi connectivity index (χ1n) is 34.3. The van der Waals surface area contributed by atoms with Gasteiger partial charge in [-0.1, -0.05) is 270 Å². The monoisotopic (exact) mass is 1250 g/mol. The number of hydrogen-bond donors (Lipinski definition) is 0. The van der Waals surface area contributed by atoms with Crippen molar-refractivity contribution in [2.24, 2.45) is 0 Å². The molecule has 0 aliphatic heterocycles. The Morgan fingerprint density at radius 3 is 1.00 bits per heavy atom. The maximum absolute atomic E-state index is 2.54. The van der Waals surface area contributed by atoms with Gasteiger partial charge in [0.2, 0.25) is 0 Å². The summed E-state index contributed by atoms with van der Waals surface area (Å²) >= 11 is 0. The van der Waals surface area contributed by atoms with Crippen LogP contribution in [0.3, 0.4) is 0 Å². The summed E-state index contributed by atoms with van der Waals surface area (Å²) in [7, 11) is 0. The SMILES string of the molecule is CC1(C)c2cc(N(c3ccccc3)c3ccccc3)ccc2-c2cc3c(cc21)-c1ccc(N(c2ccccc2)c2cc(-c4cc(-c5ccccc5)cc(-c5ccccc5)c4)cc(-c4ccc(-c5cccc6ccccc56)c5c(-c6cccc7ccccc67)cccc45)c2)cc1C3(C)C. The Morgan fingerprint density at radius 2 is 0.510 bits per heavy atom. The fraction of sp³-hybridized carbons (Fsp3) is 0.0625. The molecule has 2 aliphatic carbocycles. The lowest BCUT2D eigenvalue weighted by Crippen LogP contribution is -2.18. The molecule has 464 valence electrons. The van der Waals surface area contributed by atoms with Gasteiger partial charge in [-0.2, -0.15) is 0 Å². The fourth-order valence-electron chi connectivity index (χ4n) is 16.3. The van der Waals surface area contributed by atoms with Crippen LogP contribution >= 0.6 is 0 Å². The van der Waals surface area contributed by atoms with Gasteiger partial charge in [0.15, 0.2) is 0 Å². The van der Waals surface area contributed by atoms with Crippen LogP contribution in [0.25, 0.3) is 121 Å². The van der Waals surface area contributed by atoms with Gasteiger partial charge in [-0.3, -0.25) is 0 Å². The van der Waals surface area contributed by atoms with Crippen LogP contribution in [0.15, 0.2) is 352 Å². The smallest absolute Gasteiger partial charge is 0.0473 e. The first kappa shape index (κ1) is 58.5. The molecule has 0 saturated carbocycles. The van der Waals surface area contributed by atoms with E-state index < -0.39 is 0 Å². The van der Waals surface area contributed by atoms with Crippen molar-refractivity contribution in [1.82, 2.24) is 0 Å². The lowest BCUT2D eigenvalue weighted by atomic mass is 9.79. The van der Waals surface area contributed by atoms with Gasteiger partial charge in [0.25, 0.3) is 0 Å². The lowest BCUT2D eigenvalue weighted by molar-refractivity contribution is 0.652. The Hall–Kier alpha value is -12.1. The van der Waals surface area contributed by atoms with Crippen molar-refractivity contribution < 1.29 is 0 Å². The third-order valence-electron chi connectivity index (χ3n) is 21.2. The third-order valence-corrected chi connectivity index (χ3v) is 21.2. The maximum atomic E-state index is 2.54. The van der Waals surface area contributed by atoms with Crippen LogP contribution in [0.4, 0.5) is 34.1 Å². The number of benzene rings is 16. The molecule has 18 rings (SSSR count). The summed E-state index contributed by atoms with van der Waals surface area (Å²) in [5, 5.41) is 7.32. The van der Waals surface area contributed by atoms with Gasteiger partial charge in [-0.15, -0.1) is 0 Å². The van der Waals surface area contributed by atoms with Gasteiger partial charge < -0.3 is 9.80 Å². The number of anilines is 6. The molecule has 2 aliphatic rings. The normalized spacial score (nSPS) is 13.1. The Bertz CT molecular complexity index is 5600. The van der Waals surface area contributed by atoms with Crippen LogP contribution in [-0.2, 0) is 10.8 Å². The van der Waals surface area contributed by atoms with Crippen LogP contribution in [0.2, 0.25) is 0 Å². The molecule has 0 unspecified atom stereocenters. The van der Waals surface area contributed by atoms with Crippen molar-refractivity contribution in [2.45, 2.75) is 38.5 Å². The fourth-order valence-corrected chi connectivity index (χ4v) is 16.3. The molecule has 2 heteroatoms. The average Bonchev–Trinajstić information content (AvgIpc) is 1.53. The molecule has 0 aromatic heterocycles. The van der Waals surface area contributed by atoms with Crippen molar-refractivity contribution in [2.75, 3.05) is 9.80 Å². The third kappa shape index (κ3) is 9.77. The highest BCUT2D eigenvalue weighted by molar-refractivity contribution is 6.17. The summed E-state index contributed by atoms with van der Waals surface area (Å²) in [6.07, 6.45) is 0. The predicted molar refractivity (Wildman–Crippen MR) is 416 cm³/mol. The molecule has 98 heavy (non-hydrogen) atoms. The number of fused-ring (bicyclic) bond motifs is 9. The van der Waals surface area contributed by atoms with E-state index in [2.05, 4.69) is 389 Å². The van der Waals surface area contributed by atoms with E-state index in [4.69, 9.17) is 0 Å². The van der Waals surface area contributed by atoms with Crippen LogP contribution in [-0.4, -0.2) is 0 Å². The second-order valence-electron chi connectivity index (χ2n) is 27.6. The number of rotatable bonds is 12. The van der Waals surface area contributed by atoms with Gasteiger partial charge in [0.1, 0.15) is 0 Å². The first-order chi connectivity index (χ1) is 48.1. The highest BCUT2D eigenvalue weighted by atomic mass is 15.1. The molecule has 2 nitrogen and oxygen atoms in total. The molecule has 0 atom stereocenters. The molecule has 0 saturated heterocycles. The Balaban J connectivity index is 0.832. The summed E-state index contributed by atoms with van der Waals surface area (Å²) in [5.41, 5.74) is 30.8. The van der Waals surface area contributed by atoms with Gasteiger partial charge >= 0.3 is 0 Å². The van der Waals surface area contributed by atoms with Gasteiger partial charge in [-0.25, -0.2) is 0 Å². The topological polar surface area (TPSA) is 6.48 Å². The molecule has 0 bridgehead atoms. The molecular formula is C96H70N2. The zero-order valence-electron chi connectivity index (χ0n) is 55.4. The van der Waals surface area contributed by atoms with Crippen LogP contribution < -0.4 is 9.80 Å². The molecule has 0 amide bonds. The highest BCUT2D eigenvalue weighted by Gasteiger charge is 2.42. The van der Waals surface area contributed by atoms with E-state index in [1.165, 1.54) is 121 Å². The van der Waals surface area contributed by atoms with E-state index in [1.807, 2.05) is 0 Å². The van der Waals surface area contributed by atoms with E-state index in [-0.39, 0.29) is 10.8 Å². The summed E-state index contributed by atoms with van der Waals surface area (Å²) < 4.78 is 0. The van der Waals surface area contributed by atoms with E-state index in [1.54, 1.807) is 0 Å². The maximum Gasteiger partial charge on any atom is 0.0473 e. The van der Waals surface area contributed by atoms with E-state index in [0.29, 0.717) is 0 Å². The van der Waals surface area contributed by atoms with Crippen LogP contribution in [0.5, 0.6) is 0 Å². The number of para-hydroxylation sites is 3. The second kappa shape index (κ2) is 23.4. The van der Waals surface area contributed by atoms with Crippen molar-refractivity contribution in [3.05, 3.63) is 374 Å². The van der Waals surface area contributed by atoms with Crippen molar-refractivity contribution in [3.8, 4) is 89.0 Å². The van der Waals surface area contributed by atoms with Gasteiger partial charge in [0.05, 0.1) is 0 Å². The van der Waals surface area contributed by atoms with Gasteiger partial charge in [0, 0.05) is 45.0 Å². The Labute approximate surface area is 574 Å². The van der Waals surface area contributed by atoms with E-state index >= 15 is 0 Å². The minimum atomic E-state index is -0.326. The van der Waals surface area contributed by atoms with Crippen LogP contribution in [0, 0.1) is 0 Å². The molecule has 0 heterocycles. The predicted octanol–water partition coefficient (Wildman–Crippen LogP) is 26.7. The zero-order valence-corrected chi connectivity index (χ0v) is 55.4. The largest absolute Gasteiger partial charge is 0.310 e. The molecule has 0 spiro atoms. The van der Waals surface area contributed by atoms with Crippen LogP contribution in [0.1, 0.15) is 49.9 Å². The van der Waals surface area contributed by atoms with Crippen molar-refractivity contribution in [3.63, 3.8) is 0 Å². The summed E-state index contributed by atoms with van der Waals surface area (Å²) in [6.45, 7) is 9.70. The van der Waals surface area contributed by atoms with Gasteiger partial charge in [-0.05, 0) is 253 Å². The van der Waals surface area contributed by atoms with E-state index in [0.717, 1.165) is 56.4 Å². The second-order valence-corrected chi connectivity index (χ2v) is 27.6. The summed E-state index contributed by atoms with van der Waals surface area (Å²) in [6, 6.07) is 131. The molecule has 0 fully saturated rings. The molecule has 16 aromatic rings. The summed E-state index contributed by atoms with van der Waals surface area (Å²) in [4.78, 5) is 4.89. The number of hydrogen-bond acceptors (Lipinski definition) is 2. The highest BCUT2D eigenvalue weighted by Crippen LogP contribution is 2.58. The Morgan fingerprint density at radius 1 is 0.184 bits per heavy atom.